The van der Waals surface area contributed by atoms with E-state index in [1.54, 1.807) is 6.20 Å². The summed E-state index contributed by atoms with van der Waals surface area (Å²) in [6.07, 6.45) is 2.12. The van der Waals surface area contributed by atoms with Crippen molar-refractivity contribution >= 4 is 44.9 Å². The lowest BCUT2D eigenvalue weighted by Gasteiger charge is -2.28. The third-order valence-electron chi connectivity index (χ3n) is 7.05. The molecule has 2 N–H and O–H groups in total. The third-order valence-corrected chi connectivity index (χ3v) is 7.90. The Morgan fingerprint density at radius 3 is 2.58 bits per heavy atom. The van der Waals surface area contributed by atoms with Gasteiger partial charge in [0, 0.05) is 46.4 Å². The number of aryl methyl sites for hydroxylation is 2. The van der Waals surface area contributed by atoms with Gasteiger partial charge in [-0.15, -0.1) is 0 Å². The molecule has 1 amide bonds. The number of anilines is 1. The lowest BCUT2D eigenvalue weighted by Crippen LogP contribution is -2.33. The first-order valence-electron chi connectivity index (χ1n) is 12.6. The molecule has 0 spiro atoms. The molecule has 8 heteroatoms. The molecule has 0 bridgehead atoms. The van der Waals surface area contributed by atoms with Crippen molar-refractivity contribution in [3.63, 3.8) is 0 Å². The molecule has 1 saturated heterocycles. The van der Waals surface area contributed by atoms with E-state index in [2.05, 4.69) is 73.1 Å². The Labute approximate surface area is 237 Å². The molecule has 194 valence electrons. The predicted octanol–water partition coefficient (Wildman–Crippen LogP) is 6.56. The number of carbonyl (C=O) groups excluding carboxylic acids is 1. The summed E-state index contributed by atoms with van der Waals surface area (Å²) in [7, 11) is 0. The Balaban J connectivity index is 1.48. The molecule has 6 nitrogen and oxygen atoms in total. The Morgan fingerprint density at radius 1 is 1.05 bits per heavy atom. The first-order valence-corrected chi connectivity index (χ1v) is 13.8. The number of halogens is 1. The molecule has 3 heterocycles. The van der Waals surface area contributed by atoms with Gasteiger partial charge < -0.3 is 20.1 Å². The van der Waals surface area contributed by atoms with Crippen LogP contribution in [0.5, 0.6) is 0 Å². The fourth-order valence-corrected chi connectivity index (χ4v) is 5.95. The van der Waals surface area contributed by atoms with Crippen molar-refractivity contribution in [1.29, 1.82) is 0 Å². The van der Waals surface area contributed by atoms with Crippen LogP contribution in [0.15, 0.2) is 83.5 Å². The summed E-state index contributed by atoms with van der Waals surface area (Å²) < 4.78 is 3.29. The van der Waals surface area contributed by atoms with Crippen molar-refractivity contribution in [3.05, 3.63) is 112 Å². The van der Waals surface area contributed by atoms with Gasteiger partial charge in [0.15, 0.2) is 5.11 Å². The van der Waals surface area contributed by atoms with Gasteiger partial charge in [-0.05, 0) is 86.6 Å². The Hall–Kier alpha value is -3.49. The highest BCUT2D eigenvalue weighted by atomic mass is 79.9. The normalized spacial score (nSPS) is 16.9. The number of hydrogen-bond donors (Lipinski definition) is 2. The average molecular weight is 589 g/mol. The number of hydrogen-bond acceptors (Lipinski definition) is 3. The highest BCUT2D eigenvalue weighted by molar-refractivity contribution is 9.10. The monoisotopic (exact) mass is 587 g/mol. The zero-order valence-corrected chi connectivity index (χ0v) is 24.0. The molecule has 0 aliphatic carbocycles. The molecule has 38 heavy (non-hydrogen) atoms. The first-order chi connectivity index (χ1) is 18.3. The fourth-order valence-electron chi connectivity index (χ4n) is 5.23. The first kappa shape index (κ1) is 26.1. The maximum atomic E-state index is 12.9. The van der Waals surface area contributed by atoms with E-state index in [4.69, 9.17) is 12.2 Å². The van der Waals surface area contributed by atoms with Gasteiger partial charge >= 0.3 is 0 Å². The van der Waals surface area contributed by atoms with E-state index in [-0.39, 0.29) is 18.0 Å². The average Bonchev–Trinajstić information content (AvgIpc) is 3.39. The molecule has 5 rings (SSSR count). The van der Waals surface area contributed by atoms with Gasteiger partial charge in [-0.3, -0.25) is 9.78 Å². The van der Waals surface area contributed by atoms with Crippen molar-refractivity contribution < 1.29 is 4.79 Å². The molecule has 1 aliphatic rings. The van der Waals surface area contributed by atoms with Crippen LogP contribution in [-0.4, -0.2) is 32.0 Å². The molecular weight excluding hydrogens is 558 g/mol. The maximum absolute atomic E-state index is 12.9. The summed E-state index contributed by atoms with van der Waals surface area (Å²) in [5.74, 6) is -0.0401. The fraction of sp³-hybridized carbons (Fsp3) is 0.233. The summed E-state index contributed by atoms with van der Waals surface area (Å²) in [4.78, 5) is 19.7. The standard InChI is InChI=1S/C30H30BrN5OS/c1-19-9-4-5-12-25(19)33-27(37)14-16-35-29(28(34-30(35)38)26-13-6-7-15-32-26)24-17-20(2)36(21(24)3)23-11-8-10-22(31)18-23/h4-13,15,17-18,28-29H,14,16H2,1-3H3,(H,33,37)(H,34,38)/t28-,29-/m1/s1. The molecule has 2 aromatic heterocycles. The van der Waals surface area contributed by atoms with E-state index in [9.17, 15) is 4.79 Å². The Kier molecular flexibility index (Phi) is 7.63. The van der Waals surface area contributed by atoms with E-state index in [0.29, 0.717) is 18.1 Å². The highest BCUT2D eigenvalue weighted by Crippen LogP contribution is 2.41. The minimum absolute atomic E-state index is 0.0401. The van der Waals surface area contributed by atoms with Crippen molar-refractivity contribution in [2.24, 2.45) is 0 Å². The minimum atomic E-state index is -0.139. The summed E-state index contributed by atoms with van der Waals surface area (Å²) in [6, 6.07) is 24.0. The van der Waals surface area contributed by atoms with Crippen LogP contribution in [0.2, 0.25) is 0 Å². The number of aromatic nitrogens is 2. The highest BCUT2D eigenvalue weighted by Gasteiger charge is 2.41. The van der Waals surface area contributed by atoms with Gasteiger partial charge in [0.25, 0.3) is 0 Å². The van der Waals surface area contributed by atoms with E-state index in [1.165, 1.54) is 0 Å². The van der Waals surface area contributed by atoms with Crippen molar-refractivity contribution in [1.82, 2.24) is 19.8 Å². The molecule has 2 atom stereocenters. The zero-order valence-electron chi connectivity index (χ0n) is 21.6. The van der Waals surface area contributed by atoms with Crippen LogP contribution in [0.4, 0.5) is 5.69 Å². The molecule has 0 radical (unpaired) electrons. The Bertz CT molecular complexity index is 1490. The van der Waals surface area contributed by atoms with Gasteiger partial charge in [-0.25, -0.2) is 0 Å². The van der Waals surface area contributed by atoms with Gasteiger partial charge in [-0.2, -0.15) is 0 Å². The number of nitrogens with zero attached hydrogens (tertiary/aromatic N) is 3. The molecular formula is C30H30BrN5OS. The Morgan fingerprint density at radius 2 is 1.84 bits per heavy atom. The largest absolute Gasteiger partial charge is 0.352 e. The lowest BCUT2D eigenvalue weighted by molar-refractivity contribution is -0.116. The minimum Gasteiger partial charge on any atom is -0.352 e. The number of benzene rings is 2. The number of amides is 1. The lowest BCUT2D eigenvalue weighted by atomic mass is 9.96. The number of rotatable bonds is 7. The molecule has 4 aromatic rings. The zero-order chi connectivity index (χ0) is 26.8. The molecule has 1 aliphatic heterocycles. The van der Waals surface area contributed by atoms with E-state index in [0.717, 1.165) is 44.1 Å². The molecule has 1 fully saturated rings. The van der Waals surface area contributed by atoms with Gasteiger partial charge in [0.05, 0.1) is 17.8 Å². The van der Waals surface area contributed by atoms with E-state index >= 15 is 0 Å². The van der Waals surface area contributed by atoms with Crippen LogP contribution in [0.25, 0.3) is 5.69 Å². The van der Waals surface area contributed by atoms with Crippen molar-refractivity contribution in [2.45, 2.75) is 39.3 Å². The van der Waals surface area contributed by atoms with Crippen LogP contribution in [0.3, 0.4) is 0 Å². The second-order valence-corrected chi connectivity index (χ2v) is 10.9. The smallest absolute Gasteiger partial charge is 0.226 e. The van der Waals surface area contributed by atoms with Crippen LogP contribution in [0, 0.1) is 20.8 Å². The second kappa shape index (κ2) is 11.1. The number of para-hydroxylation sites is 1. The molecule has 0 unspecified atom stereocenters. The van der Waals surface area contributed by atoms with Crippen LogP contribution in [0.1, 0.15) is 46.7 Å². The molecule has 0 saturated carbocycles. The number of thiocarbonyl (C=S) groups is 1. The number of pyridine rings is 1. The summed E-state index contributed by atoms with van der Waals surface area (Å²) in [5.41, 5.74) is 7.29. The SMILES string of the molecule is Cc1ccccc1NC(=O)CCN1C(=S)N[C@H](c2ccccn2)[C@H]1c1cc(C)n(-c2cccc(Br)c2)c1C. The van der Waals surface area contributed by atoms with Gasteiger partial charge in [0.1, 0.15) is 0 Å². The van der Waals surface area contributed by atoms with Crippen molar-refractivity contribution in [3.8, 4) is 5.69 Å². The van der Waals surface area contributed by atoms with Crippen LogP contribution < -0.4 is 10.6 Å². The maximum Gasteiger partial charge on any atom is 0.226 e. The number of nitrogens with one attached hydrogen (secondary N) is 2. The van der Waals surface area contributed by atoms with Crippen molar-refractivity contribution in [2.75, 3.05) is 11.9 Å². The quantitative estimate of drug-likeness (QED) is 0.240. The van der Waals surface area contributed by atoms with E-state index in [1.807, 2.05) is 61.5 Å². The van der Waals surface area contributed by atoms with Gasteiger partial charge in [-0.1, -0.05) is 46.3 Å². The number of carbonyl (C=O) groups is 1. The third kappa shape index (κ3) is 5.24. The van der Waals surface area contributed by atoms with E-state index < -0.39 is 0 Å². The predicted molar refractivity (Wildman–Crippen MR) is 160 cm³/mol. The second-order valence-electron chi connectivity index (χ2n) is 9.57. The van der Waals surface area contributed by atoms with Gasteiger partial charge in [0.2, 0.25) is 5.91 Å². The topological polar surface area (TPSA) is 62.2 Å². The van der Waals surface area contributed by atoms with Crippen LogP contribution >= 0.6 is 28.1 Å². The van der Waals surface area contributed by atoms with Crippen LogP contribution in [-0.2, 0) is 4.79 Å². The summed E-state index contributed by atoms with van der Waals surface area (Å²) >= 11 is 9.44. The summed E-state index contributed by atoms with van der Waals surface area (Å²) in [6.45, 7) is 6.73. The summed E-state index contributed by atoms with van der Waals surface area (Å²) in [5, 5.41) is 7.18. The molecule has 2 aromatic carbocycles.